The summed E-state index contributed by atoms with van der Waals surface area (Å²) < 4.78 is 40.0. The first-order chi connectivity index (χ1) is 18.3. The molecule has 0 unspecified atom stereocenters. The van der Waals surface area contributed by atoms with Crippen molar-refractivity contribution in [2.24, 2.45) is 0 Å². The monoisotopic (exact) mass is 538 g/mol. The second-order valence-electron chi connectivity index (χ2n) is 9.51. The van der Waals surface area contributed by atoms with Gasteiger partial charge in [0.05, 0.1) is 29.2 Å². The molecule has 0 aliphatic heterocycles. The smallest absolute Gasteiger partial charge is 0.416 e. The molecule has 11 heteroatoms. The van der Waals surface area contributed by atoms with Crippen molar-refractivity contribution in [1.29, 1.82) is 0 Å². The minimum Gasteiger partial charge on any atom is -0.505 e. The first kappa shape index (κ1) is 27.5. The molecule has 1 aromatic heterocycles. The molecular formula is C28H29F3N6O2. The lowest BCUT2D eigenvalue weighted by Crippen LogP contribution is -2.23. The number of benzene rings is 3. The number of phenolic OH excluding ortho intramolecular Hbond substituents is 1. The molecule has 4 rings (SSSR count). The number of para-hydroxylation sites is 1. The Balaban J connectivity index is 1.66. The average Bonchev–Trinajstić information content (AvgIpc) is 2.85. The second kappa shape index (κ2) is 10.7. The standard InChI is InChI=1S/C28H29F3N6O2/c1-15(18-10-19(28(29,30)31)13-20(32)11-18)33-27-22-14-21(8-9-23(22)34-16(2)35-27)36-24-7-5-6-17(26(24)39)12-25(38)37(3)4/h5-11,13-15,36,39H,12,32H2,1-4H3,(H,33,34,35)/t15-/m1/s1. The summed E-state index contributed by atoms with van der Waals surface area (Å²) in [5.74, 6) is 0.728. The molecule has 0 radical (unpaired) electrons. The van der Waals surface area contributed by atoms with E-state index in [-0.39, 0.29) is 23.8 Å². The van der Waals surface area contributed by atoms with Gasteiger partial charge in [-0.1, -0.05) is 12.1 Å². The van der Waals surface area contributed by atoms with Crippen LogP contribution in [0.25, 0.3) is 10.9 Å². The van der Waals surface area contributed by atoms with Crippen LogP contribution in [0.15, 0.2) is 54.6 Å². The maximum atomic E-state index is 13.3. The summed E-state index contributed by atoms with van der Waals surface area (Å²) in [6, 6.07) is 13.4. The van der Waals surface area contributed by atoms with E-state index in [0.717, 1.165) is 12.1 Å². The molecule has 39 heavy (non-hydrogen) atoms. The number of phenols is 1. The van der Waals surface area contributed by atoms with Crippen molar-refractivity contribution in [2.45, 2.75) is 32.5 Å². The molecule has 204 valence electrons. The summed E-state index contributed by atoms with van der Waals surface area (Å²) in [6.45, 7) is 3.45. The highest BCUT2D eigenvalue weighted by Gasteiger charge is 2.31. The molecule has 4 aromatic rings. The lowest BCUT2D eigenvalue weighted by Gasteiger charge is -2.19. The van der Waals surface area contributed by atoms with E-state index in [1.165, 1.54) is 11.0 Å². The normalized spacial score (nSPS) is 12.3. The van der Waals surface area contributed by atoms with Crippen LogP contribution in [0, 0.1) is 6.92 Å². The highest BCUT2D eigenvalue weighted by atomic mass is 19.4. The molecular weight excluding hydrogens is 509 g/mol. The van der Waals surface area contributed by atoms with Gasteiger partial charge in [-0.3, -0.25) is 4.79 Å². The van der Waals surface area contributed by atoms with Crippen LogP contribution in [0.1, 0.15) is 35.5 Å². The number of aryl methyl sites for hydroxylation is 1. The third-order valence-corrected chi connectivity index (χ3v) is 6.20. The Labute approximate surface area is 223 Å². The van der Waals surface area contributed by atoms with Gasteiger partial charge < -0.3 is 26.4 Å². The molecule has 5 N–H and O–H groups in total. The van der Waals surface area contributed by atoms with Gasteiger partial charge in [0.15, 0.2) is 0 Å². The van der Waals surface area contributed by atoms with E-state index in [4.69, 9.17) is 5.73 Å². The summed E-state index contributed by atoms with van der Waals surface area (Å²) in [7, 11) is 3.30. The van der Waals surface area contributed by atoms with Gasteiger partial charge >= 0.3 is 6.18 Å². The van der Waals surface area contributed by atoms with Crippen molar-refractivity contribution in [3.63, 3.8) is 0 Å². The molecule has 0 fully saturated rings. The number of nitrogen functional groups attached to an aromatic ring is 1. The van der Waals surface area contributed by atoms with Gasteiger partial charge in [-0.05, 0) is 61.9 Å². The molecule has 0 spiro atoms. The maximum Gasteiger partial charge on any atom is 0.416 e. The fourth-order valence-electron chi connectivity index (χ4n) is 4.12. The number of nitrogens with zero attached hydrogens (tertiary/aromatic N) is 3. The Bertz CT molecular complexity index is 1540. The van der Waals surface area contributed by atoms with Crippen LogP contribution in [0.3, 0.4) is 0 Å². The number of hydrogen-bond acceptors (Lipinski definition) is 7. The molecule has 1 atom stereocenters. The van der Waals surface area contributed by atoms with E-state index in [1.807, 2.05) is 0 Å². The van der Waals surface area contributed by atoms with E-state index in [1.54, 1.807) is 64.3 Å². The summed E-state index contributed by atoms with van der Waals surface area (Å²) in [6.07, 6.45) is -4.48. The number of nitrogens with one attached hydrogen (secondary N) is 2. The molecule has 0 saturated carbocycles. The van der Waals surface area contributed by atoms with E-state index in [9.17, 15) is 23.1 Å². The van der Waals surface area contributed by atoms with Gasteiger partial charge in [-0.15, -0.1) is 0 Å². The van der Waals surface area contributed by atoms with Gasteiger partial charge in [0.25, 0.3) is 0 Å². The van der Waals surface area contributed by atoms with Crippen LogP contribution in [-0.4, -0.2) is 40.0 Å². The Morgan fingerprint density at radius 1 is 1.10 bits per heavy atom. The fraction of sp³-hybridized carbons (Fsp3) is 0.250. The lowest BCUT2D eigenvalue weighted by molar-refractivity contribution is -0.137. The highest BCUT2D eigenvalue weighted by Crippen LogP contribution is 2.35. The number of rotatable bonds is 7. The number of aromatic nitrogens is 2. The minimum absolute atomic E-state index is 0.0120. The number of carbonyl (C=O) groups is 1. The van der Waals surface area contributed by atoms with Crippen LogP contribution in [0.5, 0.6) is 5.75 Å². The molecule has 8 nitrogen and oxygen atoms in total. The minimum atomic E-state index is -4.52. The van der Waals surface area contributed by atoms with Crippen molar-refractivity contribution in [2.75, 3.05) is 30.5 Å². The van der Waals surface area contributed by atoms with E-state index < -0.39 is 17.8 Å². The Morgan fingerprint density at radius 2 is 1.85 bits per heavy atom. The zero-order valence-electron chi connectivity index (χ0n) is 21.9. The predicted octanol–water partition coefficient (Wildman–Crippen LogP) is 5.79. The molecule has 0 aliphatic carbocycles. The number of nitrogens with two attached hydrogens (primary N) is 1. The summed E-state index contributed by atoms with van der Waals surface area (Å²) in [5, 5.41) is 17.8. The van der Waals surface area contributed by atoms with Gasteiger partial charge in [0, 0.05) is 36.4 Å². The maximum absolute atomic E-state index is 13.3. The van der Waals surface area contributed by atoms with Crippen LogP contribution in [0.4, 0.5) is 36.1 Å². The van der Waals surface area contributed by atoms with Gasteiger partial charge in [0.2, 0.25) is 5.91 Å². The molecule has 0 saturated heterocycles. The van der Waals surface area contributed by atoms with Crippen molar-refractivity contribution in [3.8, 4) is 5.75 Å². The molecule has 0 bridgehead atoms. The second-order valence-corrected chi connectivity index (χ2v) is 9.51. The summed E-state index contributed by atoms with van der Waals surface area (Å²) in [5.41, 5.74) is 7.43. The van der Waals surface area contributed by atoms with E-state index in [2.05, 4.69) is 20.6 Å². The third-order valence-electron chi connectivity index (χ3n) is 6.20. The first-order valence-electron chi connectivity index (χ1n) is 12.1. The van der Waals surface area contributed by atoms with Gasteiger partial charge in [-0.25, -0.2) is 9.97 Å². The van der Waals surface area contributed by atoms with Crippen molar-refractivity contribution in [3.05, 3.63) is 77.1 Å². The highest BCUT2D eigenvalue weighted by molar-refractivity contribution is 5.92. The Morgan fingerprint density at radius 3 is 2.54 bits per heavy atom. The van der Waals surface area contributed by atoms with E-state index in [0.29, 0.717) is 45.0 Å². The zero-order chi connectivity index (χ0) is 28.5. The SMILES string of the molecule is Cc1nc(N[C@H](C)c2cc(N)cc(C(F)(F)F)c2)c2cc(Nc3cccc(CC(=O)N(C)C)c3O)ccc2n1. The summed E-state index contributed by atoms with van der Waals surface area (Å²) in [4.78, 5) is 22.5. The number of anilines is 4. The molecule has 3 aromatic carbocycles. The number of amides is 1. The van der Waals surface area contributed by atoms with Gasteiger partial charge in [0.1, 0.15) is 17.4 Å². The number of fused-ring (bicyclic) bond motifs is 1. The lowest BCUT2D eigenvalue weighted by atomic mass is 10.0. The van der Waals surface area contributed by atoms with E-state index >= 15 is 0 Å². The van der Waals surface area contributed by atoms with Crippen molar-refractivity contribution < 1.29 is 23.1 Å². The van der Waals surface area contributed by atoms with Crippen LogP contribution < -0.4 is 16.4 Å². The Kier molecular flexibility index (Phi) is 7.53. The predicted molar refractivity (Wildman–Crippen MR) is 146 cm³/mol. The first-order valence-corrected chi connectivity index (χ1v) is 12.1. The largest absolute Gasteiger partial charge is 0.505 e. The summed E-state index contributed by atoms with van der Waals surface area (Å²) >= 11 is 0. The topological polar surface area (TPSA) is 116 Å². The third kappa shape index (κ3) is 6.31. The molecule has 1 heterocycles. The van der Waals surface area contributed by atoms with Crippen molar-refractivity contribution >= 4 is 39.7 Å². The number of halogens is 3. The molecule has 1 amide bonds. The zero-order valence-corrected chi connectivity index (χ0v) is 21.9. The number of carbonyl (C=O) groups excluding carboxylic acids is 1. The number of likely N-dealkylation sites (N-methyl/N-ethyl adjacent to an activating group) is 1. The Hall–Kier alpha value is -4.54. The van der Waals surface area contributed by atoms with Crippen LogP contribution in [-0.2, 0) is 17.4 Å². The molecule has 0 aliphatic rings. The number of alkyl halides is 3. The van der Waals surface area contributed by atoms with Crippen LogP contribution >= 0.6 is 0 Å². The number of hydrogen-bond donors (Lipinski definition) is 4. The quantitative estimate of drug-likeness (QED) is 0.174. The van der Waals surface area contributed by atoms with Gasteiger partial charge in [-0.2, -0.15) is 13.2 Å². The van der Waals surface area contributed by atoms with Crippen molar-refractivity contribution in [1.82, 2.24) is 14.9 Å². The number of aromatic hydroxyl groups is 1. The van der Waals surface area contributed by atoms with Crippen LogP contribution in [0.2, 0.25) is 0 Å². The average molecular weight is 539 g/mol. The fourth-order valence-corrected chi connectivity index (χ4v) is 4.12.